The summed E-state index contributed by atoms with van der Waals surface area (Å²) in [6.45, 7) is 6.17. The van der Waals surface area contributed by atoms with Crippen molar-refractivity contribution in [3.05, 3.63) is 12.7 Å². The number of nitrogens with one attached hydrogen (secondary N) is 2. The molecule has 130 valence electrons. The number of H-pyrrole nitrogens is 1. The Morgan fingerprint density at radius 1 is 1.38 bits per heavy atom. The molecule has 0 aromatic carbocycles. The van der Waals surface area contributed by atoms with Crippen LogP contribution in [0.15, 0.2) is 12.7 Å². The van der Waals surface area contributed by atoms with Crippen molar-refractivity contribution in [3.63, 3.8) is 0 Å². The lowest BCUT2D eigenvalue weighted by atomic mass is 9.97. The highest BCUT2D eigenvalue weighted by atomic mass is 16.2. The first-order valence-corrected chi connectivity index (χ1v) is 8.52. The van der Waals surface area contributed by atoms with Crippen molar-refractivity contribution in [1.29, 1.82) is 0 Å². The van der Waals surface area contributed by atoms with Gasteiger partial charge in [0.2, 0.25) is 5.91 Å². The van der Waals surface area contributed by atoms with E-state index in [0.717, 1.165) is 44.5 Å². The van der Waals surface area contributed by atoms with Crippen LogP contribution in [-0.4, -0.2) is 70.5 Å². The summed E-state index contributed by atoms with van der Waals surface area (Å²) in [6.07, 6.45) is 5.21. The van der Waals surface area contributed by atoms with Crippen molar-refractivity contribution < 1.29 is 4.79 Å². The normalized spacial score (nSPS) is 15.8. The zero-order valence-electron chi connectivity index (χ0n) is 14.3. The quantitative estimate of drug-likeness (QED) is 0.807. The zero-order valence-corrected chi connectivity index (χ0v) is 14.3. The fraction of sp³-hybridized carbons (Fsp3) is 0.625. The Bertz CT molecular complexity index is 678. The Labute approximate surface area is 141 Å². The van der Waals surface area contributed by atoms with Gasteiger partial charge in [-0.15, -0.1) is 0 Å². The highest BCUT2D eigenvalue weighted by molar-refractivity contribution is 5.87. The number of rotatable bonds is 6. The van der Waals surface area contributed by atoms with E-state index >= 15 is 0 Å². The number of hydrogen-bond acceptors (Lipinski definition) is 6. The molecule has 1 fully saturated rings. The van der Waals surface area contributed by atoms with Crippen LogP contribution >= 0.6 is 0 Å². The number of aromatic nitrogens is 4. The van der Waals surface area contributed by atoms with E-state index in [1.54, 1.807) is 6.33 Å². The molecule has 8 nitrogen and oxygen atoms in total. The van der Waals surface area contributed by atoms with Crippen molar-refractivity contribution in [3.8, 4) is 0 Å². The zero-order chi connectivity index (χ0) is 16.9. The molecule has 8 heteroatoms. The Hall–Kier alpha value is -2.22. The minimum Gasteiger partial charge on any atom is -0.348 e. The summed E-state index contributed by atoms with van der Waals surface area (Å²) in [5.74, 6) is 1.52. The number of imidazole rings is 1. The summed E-state index contributed by atoms with van der Waals surface area (Å²) >= 11 is 0. The number of hydrogen-bond donors (Lipinski definition) is 2. The van der Waals surface area contributed by atoms with E-state index in [-0.39, 0.29) is 5.91 Å². The molecule has 0 bridgehead atoms. The molecule has 3 rings (SSSR count). The van der Waals surface area contributed by atoms with E-state index in [1.807, 2.05) is 16.8 Å². The Morgan fingerprint density at radius 2 is 2.17 bits per heavy atom. The standard InChI is InChI=1S/C16H25N7O/c1-3-17-8-12-4-6-23(7-5-12)13(24)9-22(2)16-14-15(19-10-18-14)20-11-21-16/h10-12,17H,3-9H2,1-2H3,(H,18,19,20,21). The number of carbonyl (C=O) groups excluding carboxylic acids is 1. The fourth-order valence-electron chi connectivity index (χ4n) is 3.15. The van der Waals surface area contributed by atoms with Crippen LogP contribution < -0.4 is 10.2 Å². The molecule has 0 spiro atoms. The topological polar surface area (TPSA) is 90.0 Å². The van der Waals surface area contributed by atoms with Gasteiger partial charge in [0.1, 0.15) is 11.8 Å². The highest BCUT2D eigenvalue weighted by Gasteiger charge is 2.24. The monoisotopic (exact) mass is 331 g/mol. The van der Waals surface area contributed by atoms with Gasteiger partial charge in [0.25, 0.3) is 0 Å². The van der Waals surface area contributed by atoms with E-state index in [4.69, 9.17) is 0 Å². The second-order valence-corrected chi connectivity index (χ2v) is 6.29. The lowest BCUT2D eigenvalue weighted by molar-refractivity contribution is -0.131. The maximum Gasteiger partial charge on any atom is 0.242 e. The number of nitrogens with zero attached hydrogens (tertiary/aromatic N) is 5. The fourth-order valence-corrected chi connectivity index (χ4v) is 3.15. The molecule has 3 heterocycles. The average Bonchev–Trinajstić information content (AvgIpc) is 3.08. The smallest absolute Gasteiger partial charge is 0.242 e. The van der Waals surface area contributed by atoms with Crippen LogP contribution in [-0.2, 0) is 4.79 Å². The molecule has 24 heavy (non-hydrogen) atoms. The van der Waals surface area contributed by atoms with E-state index in [1.165, 1.54) is 6.33 Å². The number of aromatic amines is 1. The van der Waals surface area contributed by atoms with E-state index < -0.39 is 0 Å². The minimum atomic E-state index is 0.144. The number of likely N-dealkylation sites (tertiary alicyclic amines) is 1. The van der Waals surface area contributed by atoms with Crippen LogP contribution in [0.2, 0.25) is 0 Å². The maximum absolute atomic E-state index is 12.6. The predicted molar refractivity (Wildman–Crippen MR) is 92.8 cm³/mol. The van der Waals surface area contributed by atoms with E-state index in [0.29, 0.717) is 23.9 Å². The van der Waals surface area contributed by atoms with Gasteiger partial charge < -0.3 is 20.1 Å². The first kappa shape index (κ1) is 16.6. The molecule has 2 aromatic rings. The summed E-state index contributed by atoms with van der Waals surface area (Å²) in [7, 11) is 1.87. The molecule has 0 aliphatic carbocycles. The van der Waals surface area contributed by atoms with Gasteiger partial charge in [0.15, 0.2) is 11.5 Å². The van der Waals surface area contributed by atoms with Crippen LogP contribution in [0.4, 0.5) is 5.82 Å². The van der Waals surface area contributed by atoms with Gasteiger partial charge in [-0.05, 0) is 31.8 Å². The number of piperidine rings is 1. The Morgan fingerprint density at radius 3 is 2.92 bits per heavy atom. The molecule has 1 amide bonds. The van der Waals surface area contributed by atoms with Crippen molar-refractivity contribution in [2.24, 2.45) is 5.92 Å². The van der Waals surface area contributed by atoms with Gasteiger partial charge in [-0.2, -0.15) is 0 Å². The molecular weight excluding hydrogens is 306 g/mol. The van der Waals surface area contributed by atoms with E-state index in [2.05, 4.69) is 32.2 Å². The van der Waals surface area contributed by atoms with Crippen LogP contribution in [0.25, 0.3) is 11.2 Å². The molecule has 0 unspecified atom stereocenters. The van der Waals surface area contributed by atoms with Crippen molar-refractivity contribution in [2.45, 2.75) is 19.8 Å². The van der Waals surface area contributed by atoms with Crippen LogP contribution in [0, 0.1) is 5.92 Å². The Kier molecular flexibility index (Phi) is 5.24. The van der Waals surface area contributed by atoms with Crippen LogP contribution in [0.5, 0.6) is 0 Å². The molecule has 2 aromatic heterocycles. The minimum absolute atomic E-state index is 0.144. The summed E-state index contributed by atoms with van der Waals surface area (Å²) in [5.41, 5.74) is 1.38. The Balaban J connectivity index is 1.56. The van der Waals surface area contributed by atoms with Gasteiger partial charge >= 0.3 is 0 Å². The average molecular weight is 331 g/mol. The van der Waals surface area contributed by atoms with Gasteiger partial charge in [0.05, 0.1) is 12.9 Å². The maximum atomic E-state index is 12.6. The molecule has 1 aliphatic rings. The number of fused-ring (bicyclic) bond motifs is 1. The lowest BCUT2D eigenvalue weighted by Crippen LogP contribution is -2.44. The third kappa shape index (κ3) is 3.64. The van der Waals surface area contributed by atoms with Crippen LogP contribution in [0.1, 0.15) is 19.8 Å². The summed E-state index contributed by atoms with van der Waals surface area (Å²) in [5, 5.41) is 3.39. The summed E-state index contributed by atoms with van der Waals surface area (Å²) in [6, 6.07) is 0. The summed E-state index contributed by atoms with van der Waals surface area (Å²) in [4.78, 5) is 32.0. The first-order chi connectivity index (χ1) is 11.7. The highest BCUT2D eigenvalue weighted by Crippen LogP contribution is 2.20. The lowest BCUT2D eigenvalue weighted by Gasteiger charge is -2.33. The van der Waals surface area contributed by atoms with Crippen molar-refractivity contribution >= 4 is 22.9 Å². The molecule has 0 radical (unpaired) electrons. The van der Waals surface area contributed by atoms with Crippen LogP contribution in [0.3, 0.4) is 0 Å². The number of anilines is 1. The molecular formula is C16H25N7O. The molecule has 0 saturated carbocycles. The number of carbonyl (C=O) groups is 1. The first-order valence-electron chi connectivity index (χ1n) is 8.52. The van der Waals surface area contributed by atoms with Gasteiger partial charge in [-0.3, -0.25) is 4.79 Å². The number of amides is 1. The van der Waals surface area contributed by atoms with Crippen molar-refractivity contribution in [2.75, 3.05) is 44.7 Å². The molecule has 2 N–H and O–H groups in total. The van der Waals surface area contributed by atoms with Gasteiger partial charge in [0, 0.05) is 20.1 Å². The predicted octanol–water partition coefficient (Wildman–Crippen LogP) is 0.637. The third-order valence-electron chi connectivity index (χ3n) is 4.59. The summed E-state index contributed by atoms with van der Waals surface area (Å²) < 4.78 is 0. The van der Waals surface area contributed by atoms with Gasteiger partial charge in [-0.1, -0.05) is 6.92 Å². The third-order valence-corrected chi connectivity index (χ3v) is 4.59. The second kappa shape index (κ2) is 7.57. The second-order valence-electron chi connectivity index (χ2n) is 6.29. The molecule has 1 aliphatic heterocycles. The molecule has 1 saturated heterocycles. The molecule has 0 atom stereocenters. The van der Waals surface area contributed by atoms with Crippen molar-refractivity contribution in [1.82, 2.24) is 30.2 Å². The SMILES string of the molecule is CCNCC1CCN(C(=O)CN(C)c2ncnc3nc[nH]c23)CC1. The van der Waals surface area contributed by atoms with E-state index in [9.17, 15) is 4.79 Å². The largest absolute Gasteiger partial charge is 0.348 e. The number of likely N-dealkylation sites (N-methyl/N-ethyl adjacent to an activating group) is 1. The van der Waals surface area contributed by atoms with Gasteiger partial charge in [-0.25, -0.2) is 15.0 Å².